The summed E-state index contributed by atoms with van der Waals surface area (Å²) in [6.07, 6.45) is 0.827. The number of methoxy groups -OCH3 is 1. The number of nitrogens with two attached hydrogens (primary N) is 1. The first kappa shape index (κ1) is 15.1. The molecule has 1 aromatic rings. The van der Waals surface area contributed by atoms with Crippen molar-refractivity contribution >= 4 is 12.4 Å². The van der Waals surface area contributed by atoms with Crippen LogP contribution in [0.3, 0.4) is 0 Å². The highest BCUT2D eigenvalue weighted by Crippen LogP contribution is 2.34. The van der Waals surface area contributed by atoms with Crippen molar-refractivity contribution < 1.29 is 9.84 Å². The summed E-state index contributed by atoms with van der Waals surface area (Å²) in [5, 5.41) is 9.75. The maximum absolute atomic E-state index is 9.75. The molecule has 0 bridgehead atoms. The van der Waals surface area contributed by atoms with Gasteiger partial charge in [-0.05, 0) is 24.5 Å². The summed E-state index contributed by atoms with van der Waals surface area (Å²) in [7, 11) is 1.58. The fourth-order valence-corrected chi connectivity index (χ4v) is 1.71. The van der Waals surface area contributed by atoms with E-state index >= 15 is 0 Å². The summed E-state index contributed by atoms with van der Waals surface area (Å²) in [5.74, 6) is 1.36. The van der Waals surface area contributed by atoms with Crippen molar-refractivity contribution in [1.29, 1.82) is 0 Å². The summed E-state index contributed by atoms with van der Waals surface area (Å²) in [5.41, 5.74) is 6.74. The lowest BCUT2D eigenvalue weighted by Gasteiger charge is -2.18. The molecule has 0 fully saturated rings. The van der Waals surface area contributed by atoms with Crippen LogP contribution >= 0.6 is 12.4 Å². The fraction of sp³-hybridized carbons (Fsp3) is 0.500. The molecule has 0 aliphatic carbocycles. The van der Waals surface area contributed by atoms with Gasteiger partial charge in [-0.15, -0.1) is 12.4 Å². The molecule has 3 nitrogen and oxygen atoms in total. The predicted molar refractivity (Wildman–Crippen MR) is 68.3 cm³/mol. The van der Waals surface area contributed by atoms with Gasteiger partial charge in [-0.3, -0.25) is 0 Å². The maximum Gasteiger partial charge on any atom is 0.127 e. The van der Waals surface area contributed by atoms with Gasteiger partial charge in [-0.2, -0.15) is 0 Å². The van der Waals surface area contributed by atoms with Gasteiger partial charge in [0.25, 0.3) is 0 Å². The first-order chi connectivity index (χ1) is 7.06. The van der Waals surface area contributed by atoms with Crippen molar-refractivity contribution in [3.63, 3.8) is 0 Å². The molecule has 1 aromatic carbocycles. The molecule has 0 radical (unpaired) electrons. The van der Waals surface area contributed by atoms with Crippen molar-refractivity contribution in [1.82, 2.24) is 0 Å². The molecule has 0 aliphatic rings. The molecule has 0 aromatic heterocycles. The van der Waals surface area contributed by atoms with E-state index in [2.05, 4.69) is 13.8 Å². The lowest BCUT2D eigenvalue weighted by atomic mass is 9.96. The number of aromatic hydroxyl groups is 1. The quantitative estimate of drug-likeness (QED) is 0.858. The van der Waals surface area contributed by atoms with Gasteiger partial charge in [-0.1, -0.05) is 19.9 Å². The van der Waals surface area contributed by atoms with E-state index in [-0.39, 0.29) is 24.2 Å². The first-order valence-corrected chi connectivity index (χ1v) is 5.17. The third kappa shape index (κ3) is 3.58. The Kier molecular flexibility index (Phi) is 6.22. The number of benzene rings is 1. The standard InChI is InChI=1S/C12H19NO2.ClH/c1-8(2)7-9(13)12-10(14)5-4-6-11(12)15-3;/h4-6,8-9,14H,7,13H2,1-3H3;1H/t9-;/m0./s1. The van der Waals surface area contributed by atoms with E-state index in [0.29, 0.717) is 17.2 Å². The Morgan fingerprint density at radius 2 is 2.00 bits per heavy atom. The molecule has 3 N–H and O–H groups in total. The van der Waals surface area contributed by atoms with Crippen molar-refractivity contribution in [2.45, 2.75) is 26.3 Å². The van der Waals surface area contributed by atoms with E-state index in [1.165, 1.54) is 0 Å². The molecule has 4 heteroatoms. The summed E-state index contributed by atoms with van der Waals surface area (Å²) in [4.78, 5) is 0. The van der Waals surface area contributed by atoms with Gasteiger partial charge in [0.15, 0.2) is 0 Å². The van der Waals surface area contributed by atoms with Gasteiger partial charge in [0.1, 0.15) is 11.5 Å². The number of phenols is 1. The normalized spacial score (nSPS) is 12.1. The zero-order valence-electron chi connectivity index (χ0n) is 9.93. The van der Waals surface area contributed by atoms with E-state index in [1.54, 1.807) is 19.2 Å². The van der Waals surface area contributed by atoms with Crippen LogP contribution in [-0.2, 0) is 0 Å². The fourth-order valence-electron chi connectivity index (χ4n) is 1.71. The molecule has 0 spiro atoms. The second-order valence-corrected chi connectivity index (χ2v) is 4.13. The largest absolute Gasteiger partial charge is 0.507 e. The second kappa shape index (κ2) is 6.61. The molecular weight excluding hydrogens is 226 g/mol. The minimum atomic E-state index is -0.179. The highest BCUT2D eigenvalue weighted by molar-refractivity contribution is 5.85. The van der Waals surface area contributed by atoms with Crippen LogP contribution in [0.2, 0.25) is 0 Å². The molecule has 92 valence electrons. The molecule has 16 heavy (non-hydrogen) atoms. The van der Waals surface area contributed by atoms with Crippen molar-refractivity contribution in [3.8, 4) is 11.5 Å². The van der Waals surface area contributed by atoms with Crippen molar-refractivity contribution in [3.05, 3.63) is 23.8 Å². The lowest BCUT2D eigenvalue weighted by molar-refractivity contribution is 0.385. The van der Waals surface area contributed by atoms with Crippen molar-refractivity contribution in [2.75, 3.05) is 7.11 Å². The monoisotopic (exact) mass is 245 g/mol. The number of halogens is 1. The number of hydrogen-bond donors (Lipinski definition) is 2. The smallest absolute Gasteiger partial charge is 0.127 e. The van der Waals surface area contributed by atoms with E-state index in [9.17, 15) is 5.11 Å². The first-order valence-electron chi connectivity index (χ1n) is 5.17. The van der Waals surface area contributed by atoms with Crippen molar-refractivity contribution in [2.24, 2.45) is 11.7 Å². The number of rotatable bonds is 4. The second-order valence-electron chi connectivity index (χ2n) is 4.13. The minimum absolute atomic E-state index is 0. The minimum Gasteiger partial charge on any atom is -0.507 e. The molecule has 0 aliphatic heterocycles. The van der Waals surface area contributed by atoms with E-state index in [1.807, 2.05) is 6.07 Å². The molecule has 0 heterocycles. The zero-order chi connectivity index (χ0) is 11.4. The van der Waals surface area contributed by atoms with Gasteiger partial charge in [0.05, 0.1) is 12.7 Å². The molecule has 0 saturated heterocycles. The summed E-state index contributed by atoms with van der Waals surface area (Å²) >= 11 is 0. The van der Waals surface area contributed by atoms with Gasteiger partial charge in [0, 0.05) is 6.04 Å². The van der Waals surface area contributed by atoms with Crippen LogP contribution in [0, 0.1) is 5.92 Å². The highest BCUT2D eigenvalue weighted by atomic mass is 35.5. The van der Waals surface area contributed by atoms with Gasteiger partial charge < -0.3 is 15.6 Å². The predicted octanol–water partition coefficient (Wildman–Crippen LogP) is 2.87. The average Bonchev–Trinajstić information content (AvgIpc) is 2.15. The third-order valence-electron chi connectivity index (χ3n) is 2.36. The molecular formula is C12H20ClNO2. The number of hydrogen-bond acceptors (Lipinski definition) is 3. The highest BCUT2D eigenvalue weighted by Gasteiger charge is 2.17. The van der Waals surface area contributed by atoms with Crippen LogP contribution in [0.1, 0.15) is 31.9 Å². The number of ether oxygens (including phenoxy) is 1. The molecule has 0 saturated carbocycles. The molecule has 0 amide bonds. The molecule has 0 unspecified atom stereocenters. The van der Waals surface area contributed by atoms with Crippen LogP contribution < -0.4 is 10.5 Å². The Bertz CT molecular complexity index is 329. The lowest BCUT2D eigenvalue weighted by Crippen LogP contribution is -2.14. The van der Waals surface area contributed by atoms with E-state index in [4.69, 9.17) is 10.5 Å². The third-order valence-corrected chi connectivity index (χ3v) is 2.36. The summed E-state index contributed by atoms with van der Waals surface area (Å²) in [6, 6.07) is 5.02. The van der Waals surface area contributed by atoms with Gasteiger partial charge in [-0.25, -0.2) is 0 Å². The van der Waals surface area contributed by atoms with Gasteiger partial charge in [0.2, 0.25) is 0 Å². The summed E-state index contributed by atoms with van der Waals surface area (Å²) < 4.78 is 5.19. The molecule has 1 atom stereocenters. The van der Waals surface area contributed by atoms with Crippen LogP contribution in [0.25, 0.3) is 0 Å². The average molecular weight is 246 g/mol. The Hall–Kier alpha value is -0.930. The van der Waals surface area contributed by atoms with E-state index in [0.717, 1.165) is 6.42 Å². The SMILES string of the molecule is COc1cccc(O)c1[C@@H](N)CC(C)C.Cl. The topological polar surface area (TPSA) is 55.5 Å². The summed E-state index contributed by atoms with van der Waals surface area (Å²) in [6.45, 7) is 4.21. The molecule has 1 rings (SSSR count). The maximum atomic E-state index is 9.75. The Morgan fingerprint density at radius 1 is 1.38 bits per heavy atom. The Balaban J connectivity index is 0.00000225. The van der Waals surface area contributed by atoms with Crippen LogP contribution in [-0.4, -0.2) is 12.2 Å². The number of phenolic OH excluding ortho intramolecular Hbond substituents is 1. The van der Waals surface area contributed by atoms with Crippen LogP contribution in [0.4, 0.5) is 0 Å². The zero-order valence-corrected chi connectivity index (χ0v) is 10.8. The Morgan fingerprint density at radius 3 is 2.50 bits per heavy atom. The van der Waals surface area contributed by atoms with E-state index < -0.39 is 0 Å². The van der Waals surface area contributed by atoms with Crippen LogP contribution in [0.5, 0.6) is 11.5 Å². The van der Waals surface area contributed by atoms with Gasteiger partial charge >= 0.3 is 0 Å². The van der Waals surface area contributed by atoms with Crippen LogP contribution in [0.15, 0.2) is 18.2 Å². The Labute approximate surface area is 103 Å².